The lowest BCUT2D eigenvalue weighted by molar-refractivity contribution is -0.691. The van der Waals surface area contributed by atoms with Crippen LogP contribution in [-0.4, -0.2) is 9.78 Å². The zero-order chi connectivity index (χ0) is 11.0. The number of nitriles is 1. The van der Waals surface area contributed by atoms with E-state index in [4.69, 9.17) is 5.26 Å². The Bertz CT molecular complexity index is 538. The topological polar surface area (TPSA) is 45.5 Å². The maximum atomic E-state index is 8.72. The van der Waals surface area contributed by atoms with Gasteiger partial charge >= 0.3 is 0 Å². The second kappa shape index (κ2) is 3.46. The lowest BCUT2D eigenvalue weighted by Crippen LogP contribution is -2.29. The van der Waals surface area contributed by atoms with Gasteiger partial charge in [-0.1, -0.05) is 4.68 Å². The van der Waals surface area contributed by atoms with Crippen molar-refractivity contribution in [3.8, 4) is 11.8 Å². The Labute approximate surface area is 93.4 Å². The summed E-state index contributed by atoms with van der Waals surface area (Å²) in [7, 11) is 0. The number of benzene rings is 1. The van der Waals surface area contributed by atoms with Crippen molar-refractivity contribution in [2.75, 3.05) is 0 Å². The number of hydrogen-bond acceptors (Lipinski definition) is 2. The largest absolute Gasteiger partial charge is 0.278 e. The summed E-state index contributed by atoms with van der Waals surface area (Å²) in [5.74, 6) is 1.14. The molecule has 4 heteroatoms. The van der Waals surface area contributed by atoms with Crippen molar-refractivity contribution in [3.63, 3.8) is 0 Å². The van der Waals surface area contributed by atoms with Gasteiger partial charge in [0.2, 0.25) is 6.33 Å². The normalized spacial score (nSPS) is 13.4. The van der Waals surface area contributed by atoms with Crippen molar-refractivity contribution in [2.45, 2.75) is 19.4 Å². The molecule has 0 spiro atoms. The third-order valence-corrected chi connectivity index (χ3v) is 2.86. The lowest BCUT2D eigenvalue weighted by atomic mass is 10.2. The molecule has 4 nitrogen and oxygen atoms in total. The zero-order valence-corrected chi connectivity index (χ0v) is 8.80. The fraction of sp³-hybridized carbons (Fsp3) is 0.250. The van der Waals surface area contributed by atoms with Crippen LogP contribution >= 0.6 is 0 Å². The molecule has 0 saturated heterocycles. The number of aromatic nitrogens is 3. The Kier molecular flexibility index (Phi) is 1.97. The molecule has 1 aliphatic rings. The molecule has 2 aromatic rings. The highest BCUT2D eigenvalue weighted by atomic mass is 15.4. The molecule has 0 fully saturated rings. The van der Waals surface area contributed by atoms with Crippen LogP contribution in [0.5, 0.6) is 0 Å². The quantitative estimate of drug-likeness (QED) is 0.660. The molecular formula is C12H11N4+. The molecule has 78 valence electrons. The highest BCUT2D eigenvalue weighted by Gasteiger charge is 2.22. The lowest BCUT2D eigenvalue weighted by Gasteiger charge is -1.93. The van der Waals surface area contributed by atoms with E-state index in [0.29, 0.717) is 5.56 Å². The molecule has 2 heterocycles. The summed E-state index contributed by atoms with van der Waals surface area (Å²) in [5, 5.41) is 13.2. The molecule has 1 aromatic heterocycles. The van der Waals surface area contributed by atoms with E-state index in [1.165, 1.54) is 6.42 Å². The summed E-state index contributed by atoms with van der Waals surface area (Å²) in [6, 6.07) is 9.57. The third-order valence-electron chi connectivity index (χ3n) is 2.86. The molecule has 0 radical (unpaired) electrons. The first-order valence-corrected chi connectivity index (χ1v) is 5.35. The number of aryl methyl sites for hydroxylation is 2. The van der Waals surface area contributed by atoms with Gasteiger partial charge in [0.15, 0.2) is 0 Å². The summed E-state index contributed by atoms with van der Waals surface area (Å²) in [6.07, 6.45) is 4.27. The summed E-state index contributed by atoms with van der Waals surface area (Å²) in [5.41, 5.74) is 1.68. The average Bonchev–Trinajstić information content (AvgIpc) is 2.89. The number of nitrogens with zero attached hydrogens (tertiary/aromatic N) is 4. The Morgan fingerprint density at radius 3 is 2.81 bits per heavy atom. The van der Waals surface area contributed by atoms with E-state index in [0.717, 1.165) is 24.5 Å². The van der Waals surface area contributed by atoms with E-state index in [2.05, 4.69) is 15.7 Å². The van der Waals surface area contributed by atoms with Gasteiger partial charge in [-0.15, -0.1) is 0 Å². The molecule has 0 amide bonds. The van der Waals surface area contributed by atoms with Gasteiger partial charge in [-0.25, -0.2) is 4.57 Å². The van der Waals surface area contributed by atoms with E-state index in [-0.39, 0.29) is 0 Å². The smallest absolute Gasteiger partial charge is 0.234 e. The minimum atomic E-state index is 0.677. The Morgan fingerprint density at radius 2 is 2.12 bits per heavy atom. The van der Waals surface area contributed by atoms with E-state index in [1.807, 2.05) is 35.3 Å². The van der Waals surface area contributed by atoms with Crippen molar-refractivity contribution in [1.29, 1.82) is 5.26 Å². The third kappa shape index (κ3) is 1.38. The number of rotatable bonds is 1. The van der Waals surface area contributed by atoms with Gasteiger partial charge in [-0.05, 0) is 30.7 Å². The maximum Gasteiger partial charge on any atom is 0.278 e. The van der Waals surface area contributed by atoms with Gasteiger partial charge in [0.25, 0.3) is 5.82 Å². The van der Waals surface area contributed by atoms with Crippen molar-refractivity contribution in [3.05, 3.63) is 42.0 Å². The van der Waals surface area contributed by atoms with Crippen molar-refractivity contribution in [2.24, 2.45) is 0 Å². The van der Waals surface area contributed by atoms with Crippen LogP contribution in [0.15, 0.2) is 30.6 Å². The van der Waals surface area contributed by atoms with E-state index in [9.17, 15) is 0 Å². The molecule has 0 unspecified atom stereocenters. The first kappa shape index (κ1) is 9.10. The summed E-state index contributed by atoms with van der Waals surface area (Å²) in [6.45, 7) is 1.06. The molecule has 1 aliphatic heterocycles. The van der Waals surface area contributed by atoms with Gasteiger partial charge < -0.3 is 0 Å². The minimum absolute atomic E-state index is 0.677. The average molecular weight is 211 g/mol. The van der Waals surface area contributed by atoms with Crippen LogP contribution in [-0.2, 0) is 13.0 Å². The zero-order valence-electron chi connectivity index (χ0n) is 8.80. The molecule has 0 atom stereocenters. The highest BCUT2D eigenvalue weighted by Crippen LogP contribution is 2.10. The SMILES string of the molecule is N#Cc1ccc(-n2c[n+]3c(n2)CCC3)cc1. The number of hydrogen-bond donors (Lipinski definition) is 0. The minimum Gasteiger partial charge on any atom is -0.234 e. The second-order valence-corrected chi connectivity index (χ2v) is 3.93. The van der Waals surface area contributed by atoms with Crippen LogP contribution in [0, 0.1) is 11.3 Å². The van der Waals surface area contributed by atoms with Gasteiger partial charge in [0, 0.05) is 11.5 Å². The molecular weight excluding hydrogens is 200 g/mol. The second-order valence-electron chi connectivity index (χ2n) is 3.93. The molecule has 0 aliphatic carbocycles. The van der Waals surface area contributed by atoms with Crippen LogP contribution in [0.3, 0.4) is 0 Å². The Hall–Kier alpha value is -2.15. The van der Waals surface area contributed by atoms with Crippen LogP contribution in [0.25, 0.3) is 5.69 Å². The predicted octanol–water partition coefficient (Wildman–Crippen LogP) is 0.978. The first-order valence-electron chi connectivity index (χ1n) is 5.35. The van der Waals surface area contributed by atoms with E-state index in [1.54, 1.807) is 0 Å². The van der Waals surface area contributed by atoms with E-state index >= 15 is 0 Å². The first-order chi connectivity index (χ1) is 7.86. The molecule has 16 heavy (non-hydrogen) atoms. The standard InChI is InChI=1S/C12H11N4/c13-8-10-3-5-11(6-4-10)16-9-15-7-1-2-12(15)14-16/h3-6,9H,1-2,7H2/q+1. The summed E-state index contributed by atoms with van der Waals surface area (Å²) < 4.78 is 4.05. The predicted molar refractivity (Wildman–Crippen MR) is 56.8 cm³/mol. The summed E-state index contributed by atoms with van der Waals surface area (Å²) in [4.78, 5) is 0. The van der Waals surface area contributed by atoms with Crippen LogP contribution < -0.4 is 4.57 Å². The molecule has 3 rings (SSSR count). The molecule has 1 aromatic carbocycles. The summed E-state index contributed by atoms with van der Waals surface area (Å²) >= 11 is 0. The Balaban J connectivity index is 1.99. The van der Waals surface area contributed by atoms with Crippen molar-refractivity contribution >= 4 is 0 Å². The molecule has 0 saturated carbocycles. The van der Waals surface area contributed by atoms with Gasteiger partial charge in [-0.3, -0.25) is 0 Å². The monoisotopic (exact) mass is 211 g/mol. The fourth-order valence-electron chi connectivity index (χ4n) is 2.01. The van der Waals surface area contributed by atoms with Crippen LogP contribution in [0.2, 0.25) is 0 Å². The Morgan fingerprint density at radius 1 is 1.31 bits per heavy atom. The molecule has 0 bridgehead atoms. The highest BCUT2D eigenvalue weighted by molar-refractivity contribution is 5.38. The van der Waals surface area contributed by atoms with Crippen LogP contribution in [0.4, 0.5) is 0 Å². The van der Waals surface area contributed by atoms with Gasteiger partial charge in [0.1, 0.15) is 5.69 Å². The van der Waals surface area contributed by atoms with Crippen molar-refractivity contribution < 1.29 is 4.57 Å². The van der Waals surface area contributed by atoms with Gasteiger partial charge in [-0.2, -0.15) is 5.26 Å². The molecule has 0 N–H and O–H groups in total. The van der Waals surface area contributed by atoms with E-state index < -0.39 is 0 Å². The van der Waals surface area contributed by atoms with Crippen molar-refractivity contribution in [1.82, 2.24) is 9.78 Å². The maximum absolute atomic E-state index is 8.72. The number of fused-ring (bicyclic) bond motifs is 1. The van der Waals surface area contributed by atoms with Crippen LogP contribution in [0.1, 0.15) is 17.8 Å². The fourth-order valence-corrected chi connectivity index (χ4v) is 2.01. The van der Waals surface area contributed by atoms with Gasteiger partial charge in [0.05, 0.1) is 18.2 Å².